The molecule has 0 radical (unpaired) electrons. The van der Waals surface area contributed by atoms with Gasteiger partial charge < -0.3 is 8.98 Å². The molecule has 0 N–H and O–H groups in total. The van der Waals surface area contributed by atoms with Gasteiger partial charge in [-0.2, -0.15) is 0 Å². The second kappa shape index (κ2) is 4.49. The fourth-order valence-electron chi connectivity index (χ4n) is 1.93. The van der Waals surface area contributed by atoms with Gasteiger partial charge in [0.1, 0.15) is 12.1 Å². The lowest BCUT2D eigenvalue weighted by molar-refractivity contribution is 0.567. The molecule has 3 heterocycles. The van der Waals surface area contributed by atoms with Gasteiger partial charge >= 0.3 is 0 Å². The van der Waals surface area contributed by atoms with Crippen LogP contribution in [0.25, 0.3) is 11.4 Å². The predicted octanol–water partition coefficient (Wildman–Crippen LogP) is 2.89. The molecular formula is C14H13N3O. The van der Waals surface area contributed by atoms with E-state index in [0.717, 1.165) is 17.1 Å². The summed E-state index contributed by atoms with van der Waals surface area (Å²) in [5, 5.41) is 0. The Hall–Kier alpha value is -2.36. The number of hydrogen-bond acceptors (Lipinski definition) is 3. The second-order valence-corrected chi connectivity index (χ2v) is 4.16. The van der Waals surface area contributed by atoms with E-state index in [1.54, 1.807) is 18.7 Å². The van der Waals surface area contributed by atoms with Crippen LogP contribution in [-0.2, 0) is 6.54 Å². The van der Waals surface area contributed by atoms with Crippen LogP contribution in [0.5, 0.6) is 0 Å². The third-order valence-corrected chi connectivity index (χ3v) is 2.93. The molecule has 4 nitrogen and oxygen atoms in total. The molecule has 0 atom stereocenters. The summed E-state index contributed by atoms with van der Waals surface area (Å²) >= 11 is 0. The molecule has 0 bridgehead atoms. The summed E-state index contributed by atoms with van der Waals surface area (Å²) in [6, 6.07) is 5.92. The molecule has 0 aliphatic heterocycles. The summed E-state index contributed by atoms with van der Waals surface area (Å²) in [7, 11) is 0. The van der Waals surface area contributed by atoms with E-state index < -0.39 is 0 Å². The van der Waals surface area contributed by atoms with E-state index in [1.165, 1.54) is 5.56 Å². The highest BCUT2D eigenvalue weighted by Gasteiger charge is 2.08. The van der Waals surface area contributed by atoms with Crippen LogP contribution in [0, 0.1) is 6.92 Å². The molecule has 0 fully saturated rings. The molecule has 0 aromatic carbocycles. The van der Waals surface area contributed by atoms with Crippen molar-refractivity contribution in [3.05, 3.63) is 60.6 Å². The van der Waals surface area contributed by atoms with Crippen LogP contribution in [0.1, 0.15) is 11.3 Å². The van der Waals surface area contributed by atoms with Crippen LogP contribution in [0.15, 0.2) is 53.7 Å². The van der Waals surface area contributed by atoms with Gasteiger partial charge in [0.25, 0.3) is 0 Å². The van der Waals surface area contributed by atoms with Crippen molar-refractivity contribution < 1.29 is 4.42 Å². The molecule has 0 spiro atoms. The summed E-state index contributed by atoms with van der Waals surface area (Å²) in [5.41, 5.74) is 3.22. The fraction of sp³-hybridized carbons (Fsp3) is 0.143. The van der Waals surface area contributed by atoms with E-state index >= 15 is 0 Å². The maximum absolute atomic E-state index is 5.10. The third kappa shape index (κ3) is 1.93. The Labute approximate surface area is 105 Å². The lowest BCUT2D eigenvalue weighted by atomic mass is 10.2. The van der Waals surface area contributed by atoms with Gasteiger partial charge in [-0.05, 0) is 24.6 Å². The van der Waals surface area contributed by atoms with Gasteiger partial charge in [-0.3, -0.25) is 4.98 Å². The molecule has 4 heteroatoms. The second-order valence-electron chi connectivity index (χ2n) is 4.16. The highest BCUT2D eigenvalue weighted by atomic mass is 16.3. The van der Waals surface area contributed by atoms with Crippen molar-refractivity contribution in [2.24, 2.45) is 0 Å². The fourth-order valence-corrected chi connectivity index (χ4v) is 1.93. The summed E-state index contributed by atoms with van der Waals surface area (Å²) in [5.74, 6) is 0.897. The number of aromatic nitrogens is 3. The minimum Gasteiger partial charge on any atom is -0.472 e. The van der Waals surface area contributed by atoms with Gasteiger partial charge in [-0.1, -0.05) is 6.07 Å². The van der Waals surface area contributed by atoms with Gasteiger partial charge in [-0.15, -0.1) is 0 Å². The lowest BCUT2D eigenvalue weighted by Crippen LogP contribution is -2.04. The zero-order valence-electron chi connectivity index (χ0n) is 10.1. The SMILES string of the molecule is Cc1cccnc1Cn1ccnc1-c1ccoc1. The van der Waals surface area contributed by atoms with E-state index in [0.29, 0.717) is 6.54 Å². The summed E-state index contributed by atoms with van der Waals surface area (Å²) in [4.78, 5) is 8.76. The van der Waals surface area contributed by atoms with Crippen LogP contribution < -0.4 is 0 Å². The Morgan fingerprint density at radius 2 is 2.17 bits per heavy atom. The first kappa shape index (κ1) is 10.8. The molecule has 0 amide bonds. The highest BCUT2D eigenvalue weighted by molar-refractivity contribution is 5.53. The number of pyridine rings is 1. The number of imidazole rings is 1. The van der Waals surface area contributed by atoms with Crippen molar-refractivity contribution in [2.45, 2.75) is 13.5 Å². The highest BCUT2D eigenvalue weighted by Crippen LogP contribution is 2.19. The van der Waals surface area contributed by atoms with Crippen molar-refractivity contribution in [1.29, 1.82) is 0 Å². The van der Waals surface area contributed by atoms with Crippen molar-refractivity contribution in [3.8, 4) is 11.4 Å². The molecule has 18 heavy (non-hydrogen) atoms. The van der Waals surface area contributed by atoms with Gasteiger partial charge in [-0.25, -0.2) is 4.98 Å². The van der Waals surface area contributed by atoms with Gasteiger partial charge in [0, 0.05) is 18.6 Å². The maximum atomic E-state index is 5.10. The molecule has 3 aromatic rings. The van der Waals surface area contributed by atoms with E-state index in [9.17, 15) is 0 Å². The van der Waals surface area contributed by atoms with Crippen LogP contribution in [0.3, 0.4) is 0 Å². The smallest absolute Gasteiger partial charge is 0.143 e. The Morgan fingerprint density at radius 1 is 1.22 bits per heavy atom. The Bertz CT molecular complexity index is 641. The van der Waals surface area contributed by atoms with Crippen molar-refractivity contribution in [2.75, 3.05) is 0 Å². The van der Waals surface area contributed by atoms with E-state index in [4.69, 9.17) is 4.42 Å². The molecule has 0 aliphatic rings. The largest absolute Gasteiger partial charge is 0.472 e. The Morgan fingerprint density at radius 3 is 2.94 bits per heavy atom. The summed E-state index contributed by atoms with van der Waals surface area (Å²) in [6.45, 7) is 2.78. The van der Waals surface area contributed by atoms with Gasteiger partial charge in [0.15, 0.2) is 0 Å². The average Bonchev–Trinajstić information content (AvgIpc) is 3.02. The van der Waals surface area contributed by atoms with Gasteiger partial charge in [0.2, 0.25) is 0 Å². The minimum absolute atomic E-state index is 0.715. The summed E-state index contributed by atoms with van der Waals surface area (Å²) in [6.07, 6.45) is 8.92. The minimum atomic E-state index is 0.715. The van der Waals surface area contributed by atoms with Crippen molar-refractivity contribution in [3.63, 3.8) is 0 Å². The van der Waals surface area contributed by atoms with Crippen LogP contribution in [0.4, 0.5) is 0 Å². The number of nitrogens with zero attached hydrogens (tertiary/aromatic N) is 3. The molecule has 3 rings (SSSR count). The van der Waals surface area contributed by atoms with Gasteiger partial charge in [0.05, 0.1) is 24.1 Å². The molecule has 0 unspecified atom stereocenters. The molecule has 0 aliphatic carbocycles. The quantitative estimate of drug-likeness (QED) is 0.705. The third-order valence-electron chi connectivity index (χ3n) is 2.93. The number of aryl methyl sites for hydroxylation is 1. The average molecular weight is 239 g/mol. The molecule has 90 valence electrons. The molecule has 0 saturated heterocycles. The van der Waals surface area contributed by atoms with E-state index in [-0.39, 0.29) is 0 Å². The predicted molar refractivity (Wildman–Crippen MR) is 68.0 cm³/mol. The summed E-state index contributed by atoms with van der Waals surface area (Å²) < 4.78 is 7.17. The van der Waals surface area contributed by atoms with Crippen LogP contribution >= 0.6 is 0 Å². The van der Waals surface area contributed by atoms with Crippen LogP contribution in [0.2, 0.25) is 0 Å². The lowest BCUT2D eigenvalue weighted by Gasteiger charge is -2.08. The topological polar surface area (TPSA) is 43.9 Å². The number of rotatable bonds is 3. The number of hydrogen-bond donors (Lipinski definition) is 0. The first-order valence-electron chi connectivity index (χ1n) is 5.79. The first-order valence-corrected chi connectivity index (χ1v) is 5.79. The Balaban J connectivity index is 1.95. The first-order chi connectivity index (χ1) is 8.84. The molecule has 0 saturated carbocycles. The van der Waals surface area contributed by atoms with E-state index in [1.807, 2.05) is 24.5 Å². The zero-order valence-corrected chi connectivity index (χ0v) is 10.1. The maximum Gasteiger partial charge on any atom is 0.143 e. The van der Waals surface area contributed by atoms with E-state index in [2.05, 4.69) is 27.5 Å². The van der Waals surface area contributed by atoms with Crippen molar-refractivity contribution in [1.82, 2.24) is 14.5 Å². The van der Waals surface area contributed by atoms with Crippen LogP contribution in [-0.4, -0.2) is 14.5 Å². The molecular weight excluding hydrogens is 226 g/mol. The van der Waals surface area contributed by atoms with Crippen molar-refractivity contribution >= 4 is 0 Å². The molecule has 3 aromatic heterocycles. The Kier molecular flexibility index (Phi) is 2.68. The standard InChI is InChI=1S/C14H13N3O/c1-11-3-2-5-15-13(11)9-17-7-6-16-14(17)12-4-8-18-10-12/h2-8,10H,9H2,1H3. The zero-order chi connectivity index (χ0) is 12.4. The number of furan rings is 1. The normalized spacial score (nSPS) is 10.7. The monoisotopic (exact) mass is 239 g/mol.